The maximum Gasteiger partial charge on any atom is 0.155 e. The smallest absolute Gasteiger partial charge is 0.155 e. The zero-order valence-corrected chi connectivity index (χ0v) is 12.3. The molecule has 3 heterocycles. The fourth-order valence-corrected chi connectivity index (χ4v) is 2.41. The molecule has 0 aromatic carbocycles. The van der Waals surface area contributed by atoms with Crippen LogP contribution >= 0.6 is 0 Å². The van der Waals surface area contributed by atoms with Crippen molar-refractivity contribution in [3.8, 4) is 0 Å². The second-order valence-electron chi connectivity index (χ2n) is 4.87. The first kappa shape index (κ1) is 13.5. The van der Waals surface area contributed by atoms with Crippen LogP contribution < -0.4 is 5.32 Å². The topological polar surface area (TPSA) is 73.5 Å². The van der Waals surface area contributed by atoms with Crippen molar-refractivity contribution in [3.05, 3.63) is 30.5 Å². The molecule has 0 atom stereocenters. The SMILES string of the molecule is CCn1nc(C)c2ncnc(NCCCn3cccn3)c21. The van der Waals surface area contributed by atoms with Crippen LogP contribution in [0, 0.1) is 6.92 Å². The number of fused-ring (bicyclic) bond motifs is 1. The van der Waals surface area contributed by atoms with E-state index in [1.54, 1.807) is 12.5 Å². The molecule has 0 unspecified atom stereocenters. The third-order valence-corrected chi connectivity index (χ3v) is 3.41. The van der Waals surface area contributed by atoms with E-state index in [1.807, 2.05) is 28.6 Å². The number of nitrogens with zero attached hydrogens (tertiary/aromatic N) is 6. The average Bonchev–Trinajstić information content (AvgIpc) is 3.12. The van der Waals surface area contributed by atoms with Gasteiger partial charge in [0, 0.05) is 32.0 Å². The van der Waals surface area contributed by atoms with Gasteiger partial charge in [0.05, 0.1) is 5.69 Å². The van der Waals surface area contributed by atoms with E-state index in [-0.39, 0.29) is 0 Å². The van der Waals surface area contributed by atoms with Gasteiger partial charge in [-0.15, -0.1) is 0 Å². The number of nitrogens with one attached hydrogen (secondary N) is 1. The van der Waals surface area contributed by atoms with Gasteiger partial charge in [0.2, 0.25) is 0 Å². The third-order valence-electron chi connectivity index (χ3n) is 3.41. The van der Waals surface area contributed by atoms with Gasteiger partial charge in [-0.3, -0.25) is 9.36 Å². The third kappa shape index (κ3) is 2.72. The first-order valence-electron chi connectivity index (χ1n) is 7.19. The Morgan fingerprint density at radius 1 is 1.29 bits per heavy atom. The summed E-state index contributed by atoms with van der Waals surface area (Å²) in [5.41, 5.74) is 2.84. The van der Waals surface area contributed by atoms with Crippen molar-refractivity contribution < 1.29 is 0 Å². The standard InChI is InChI=1S/C14H19N7/c1-3-21-13-12(11(2)19-21)16-10-17-14(13)15-6-4-8-20-9-5-7-18-20/h5,7,9-10H,3-4,6,8H2,1-2H3,(H,15,16,17). The number of hydrogen-bond donors (Lipinski definition) is 1. The predicted octanol–water partition coefficient (Wildman–Crippen LogP) is 1.85. The minimum atomic E-state index is 0.805. The van der Waals surface area contributed by atoms with Crippen LogP contribution in [0.4, 0.5) is 5.82 Å². The van der Waals surface area contributed by atoms with E-state index in [0.717, 1.165) is 48.6 Å². The molecule has 3 aromatic heterocycles. The van der Waals surface area contributed by atoms with Gasteiger partial charge in [-0.1, -0.05) is 0 Å². The molecule has 0 spiro atoms. The Kier molecular flexibility index (Phi) is 3.81. The molecule has 0 amide bonds. The molecule has 0 radical (unpaired) electrons. The van der Waals surface area contributed by atoms with Gasteiger partial charge in [-0.2, -0.15) is 10.2 Å². The highest BCUT2D eigenvalue weighted by Crippen LogP contribution is 2.21. The van der Waals surface area contributed by atoms with Gasteiger partial charge in [0.25, 0.3) is 0 Å². The van der Waals surface area contributed by atoms with Crippen LogP contribution in [0.1, 0.15) is 19.0 Å². The maximum absolute atomic E-state index is 4.50. The highest BCUT2D eigenvalue weighted by molar-refractivity contribution is 5.87. The van der Waals surface area contributed by atoms with E-state index < -0.39 is 0 Å². The van der Waals surface area contributed by atoms with Gasteiger partial charge < -0.3 is 5.32 Å². The summed E-state index contributed by atoms with van der Waals surface area (Å²) in [5.74, 6) is 0.850. The van der Waals surface area contributed by atoms with Crippen LogP contribution in [0.3, 0.4) is 0 Å². The van der Waals surface area contributed by atoms with Gasteiger partial charge in [-0.25, -0.2) is 9.97 Å². The fraction of sp³-hybridized carbons (Fsp3) is 0.429. The van der Waals surface area contributed by atoms with E-state index in [1.165, 1.54) is 0 Å². The molecule has 7 nitrogen and oxygen atoms in total. The Morgan fingerprint density at radius 2 is 2.19 bits per heavy atom. The lowest BCUT2D eigenvalue weighted by molar-refractivity contribution is 0.591. The summed E-state index contributed by atoms with van der Waals surface area (Å²) < 4.78 is 3.87. The van der Waals surface area contributed by atoms with Crippen LogP contribution in [0.5, 0.6) is 0 Å². The molecule has 0 bridgehead atoms. The number of anilines is 1. The van der Waals surface area contributed by atoms with Crippen LogP contribution in [0.2, 0.25) is 0 Å². The van der Waals surface area contributed by atoms with Crippen molar-refractivity contribution in [2.24, 2.45) is 0 Å². The average molecular weight is 285 g/mol. The van der Waals surface area contributed by atoms with Gasteiger partial charge in [0.15, 0.2) is 5.82 Å². The zero-order valence-electron chi connectivity index (χ0n) is 12.3. The molecule has 1 N–H and O–H groups in total. The highest BCUT2D eigenvalue weighted by Gasteiger charge is 2.12. The van der Waals surface area contributed by atoms with Crippen LogP contribution in [0.25, 0.3) is 11.0 Å². The lowest BCUT2D eigenvalue weighted by Crippen LogP contribution is -2.09. The molecule has 0 saturated carbocycles. The second-order valence-corrected chi connectivity index (χ2v) is 4.87. The zero-order chi connectivity index (χ0) is 14.7. The van der Waals surface area contributed by atoms with Gasteiger partial charge in [0.1, 0.15) is 17.4 Å². The van der Waals surface area contributed by atoms with E-state index in [9.17, 15) is 0 Å². The van der Waals surface area contributed by atoms with Gasteiger partial charge in [-0.05, 0) is 26.3 Å². The van der Waals surface area contributed by atoms with Crippen molar-refractivity contribution in [2.45, 2.75) is 33.4 Å². The Morgan fingerprint density at radius 3 is 2.95 bits per heavy atom. The van der Waals surface area contributed by atoms with E-state index in [4.69, 9.17) is 0 Å². The molecule has 7 heteroatoms. The number of aryl methyl sites for hydroxylation is 3. The van der Waals surface area contributed by atoms with Gasteiger partial charge >= 0.3 is 0 Å². The Balaban J connectivity index is 1.71. The van der Waals surface area contributed by atoms with Crippen molar-refractivity contribution >= 4 is 16.9 Å². The molecule has 3 aromatic rings. The molecule has 21 heavy (non-hydrogen) atoms. The van der Waals surface area contributed by atoms with Crippen LogP contribution in [-0.2, 0) is 13.1 Å². The van der Waals surface area contributed by atoms with Crippen molar-refractivity contribution in [1.29, 1.82) is 0 Å². The minimum Gasteiger partial charge on any atom is -0.368 e. The minimum absolute atomic E-state index is 0.805. The summed E-state index contributed by atoms with van der Waals surface area (Å²) in [5, 5.41) is 12.1. The largest absolute Gasteiger partial charge is 0.368 e. The number of rotatable bonds is 6. The predicted molar refractivity (Wildman–Crippen MR) is 81.1 cm³/mol. The summed E-state index contributed by atoms with van der Waals surface area (Å²) in [6.45, 7) is 6.57. The molecule has 0 aliphatic rings. The first-order valence-corrected chi connectivity index (χ1v) is 7.19. The van der Waals surface area contributed by atoms with E-state index >= 15 is 0 Å². The monoisotopic (exact) mass is 285 g/mol. The molecule has 0 aliphatic carbocycles. The molecule has 0 saturated heterocycles. The molecular formula is C14H19N7. The Hall–Kier alpha value is -2.44. The lowest BCUT2D eigenvalue weighted by atomic mass is 10.3. The van der Waals surface area contributed by atoms with Crippen molar-refractivity contribution in [2.75, 3.05) is 11.9 Å². The lowest BCUT2D eigenvalue weighted by Gasteiger charge is -2.08. The van der Waals surface area contributed by atoms with Crippen molar-refractivity contribution in [3.63, 3.8) is 0 Å². The summed E-state index contributed by atoms with van der Waals surface area (Å²) in [6.07, 6.45) is 6.33. The number of aromatic nitrogens is 6. The summed E-state index contributed by atoms with van der Waals surface area (Å²) in [4.78, 5) is 8.69. The fourth-order valence-electron chi connectivity index (χ4n) is 2.41. The molecular weight excluding hydrogens is 266 g/mol. The normalized spacial score (nSPS) is 11.1. The second kappa shape index (κ2) is 5.90. The highest BCUT2D eigenvalue weighted by atomic mass is 15.3. The van der Waals surface area contributed by atoms with Crippen LogP contribution in [0.15, 0.2) is 24.8 Å². The molecule has 110 valence electrons. The van der Waals surface area contributed by atoms with Crippen LogP contribution in [-0.4, -0.2) is 36.1 Å². The summed E-state index contributed by atoms with van der Waals surface area (Å²) in [7, 11) is 0. The quantitative estimate of drug-likeness (QED) is 0.700. The molecule has 3 rings (SSSR count). The summed E-state index contributed by atoms with van der Waals surface area (Å²) >= 11 is 0. The van der Waals surface area contributed by atoms with E-state index in [2.05, 4.69) is 32.4 Å². The molecule has 0 aliphatic heterocycles. The van der Waals surface area contributed by atoms with Crippen molar-refractivity contribution in [1.82, 2.24) is 29.5 Å². The summed E-state index contributed by atoms with van der Waals surface area (Å²) in [6, 6.07) is 1.93. The van der Waals surface area contributed by atoms with E-state index in [0.29, 0.717) is 0 Å². The molecule has 0 fully saturated rings. The maximum atomic E-state index is 4.50. The first-order chi connectivity index (χ1) is 10.3. The Labute approximate surface area is 123 Å². The number of hydrogen-bond acceptors (Lipinski definition) is 5. The Bertz CT molecular complexity index is 714.